The Hall–Kier alpha value is -1.93. The molecule has 0 aliphatic rings. The Bertz CT molecular complexity index is 698. The van der Waals surface area contributed by atoms with Crippen LogP contribution in [0, 0.1) is 0 Å². The Morgan fingerprint density at radius 1 is 1.00 bits per heavy atom. The van der Waals surface area contributed by atoms with Crippen LogP contribution in [0.4, 0.5) is 0 Å². The summed E-state index contributed by atoms with van der Waals surface area (Å²) in [5.74, 6) is -0.316. The number of sulfonamides is 1. The Morgan fingerprint density at radius 3 is 2.04 bits per heavy atom. The summed E-state index contributed by atoms with van der Waals surface area (Å²) in [6.45, 7) is 9.30. The zero-order chi connectivity index (χ0) is 19.7. The molecule has 0 saturated carbocycles. The molecular formula is C18H29N3O4S. The van der Waals surface area contributed by atoms with Gasteiger partial charge in [0.05, 0.1) is 4.90 Å². The quantitative estimate of drug-likeness (QED) is 0.666. The van der Waals surface area contributed by atoms with E-state index in [0.29, 0.717) is 38.3 Å². The molecule has 0 fully saturated rings. The minimum Gasteiger partial charge on any atom is -0.350 e. The highest BCUT2D eigenvalue weighted by Crippen LogP contribution is 2.16. The van der Waals surface area contributed by atoms with E-state index < -0.39 is 10.0 Å². The van der Waals surface area contributed by atoms with Crippen LogP contribution in [-0.4, -0.2) is 62.2 Å². The maximum atomic E-state index is 12.4. The molecule has 0 saturated heterocycles. The molecule has 0 radical (unpaired) electrons. The van der Waals surface area contributed by atoms with E-state index in [9.17, 15) is 18.0 Å². The van der Waals surface area contributed by atoms with E-state index in [1.807, 2.05) is 6.92 Å². The fourth-order valence-corrected chi connectivity index (χ4v) is 4.05. The van der Waals surface area contributed by atoms with Gasteiger partial charge in [-0.1, -0.05) is 20.8 Å². The first-order chi connectivity index (χ1) is 12.3. The van der Waals surface area contributed by atoms with Crippen LogP contribution < -0.4 is 5.32 Å². The van der Waals surface area contributed by atoms with E-state index in [1.54, 1.807) is 18.7 Å². The molecule has 0 aliphatic carbocycles. The van der Waals surface area contributed by atoms with Gasteiger partial charge in [-0.05, 0) is 30.7 Å². The summed E-state index contributed by atoms with van der Waals surface area (Å²) in [6.07, 6.45) is 0.857. The fraction of sp³-hybridized carbons (Fsp3) is 0.556. The molecule has 0 aromatic heterocycles. The van der Waals surface area contributed by atoms with Crippen LogP contribution in [0.25, 0.3) is 0 Å². The van der Waals surface area contributed by atoms with Crippen molar-refractivity contribution >= 4 is 21.8 Å². The lowest BCUT2D eigenvalue weighted by Gasteiger charge is -2.20. The van der Waals surface area contributed by atoms with Crippen molar-refractivity contribution in [2.24, 2.45) is 0 Å². The molecule has 1 rings (SSSR count). The number of nitrogens with one attached hydrogen (secondary N) is 1. The van der Waals surface area contributed by atoms with Gasteiger partial charge in [-0.2, -0.15) is 4.31 Å². The van der Waals surface area contributed by atoms with Crippen LogP contribution in [0.5, 0.6) is 0 Å². The van der Waals surface area contributed by atoms with Crippen molar-refractivity contribution in [2.75, 3.05) is 32.7 Å². The van der Waals surface area contributed by atoms with Gasteiger partial charge in [-0.15, -0.1) is 0 Å². The Morgan fingerprint density at radius 2 is 1.58 bits per heavy atom. The van der Waals surface area contributed by atoms with E-state index in [1.165, 1.54) is 35.5 Å². The van der Waals surface area contributed by atoms with E-state index in [4.69, 9.17) is 0 Å². The maximum absolute atomic E-state index is 12.4. The summed E-state index contributed by atoms with van der Waals surface area (Å²) in [7, 11) is -3.53. The van der Waals surface area contributed by atoms with E-state index in [-0.39, 0.29) is 16.7 Å². The Labute approximate surface area is 156 Å². The number of rotatable bonds is 10. The van der Waals surface area contributed by atoms with Crippen LogP contribution in [0.15, 0.2) is 29.2 Å². The van der Waals surface area contributed by atoms with Crippen LogP contribution >= 0.6 is 0 Å². The number of hydrogen-bond acceptors (Lipinski definition) is 4. The summed E-state index contributed by atoms with van der Waals surface area (Å²) in [4.78, 5) is 25.5. The monoisotopic (exact) mass is 383 g/mol. The molecule has 1 N–H and O–H groups in total. The molecule has 0 unspecified atom stereocenters. The fourth-order valence-electron chi connectivity index (χ4n) is 2.59. The van der Waals surface area contributed by atoms with Crippen LogP contribution in [0.3, 0.4) is 0 Å². The highest BCUT2D eigenvalue weighted by Gasteiger charge is 2.21. The molecule has 2 amide bonds. The second kappa shape index (κ2) is 10.3. The topological polar surface area (TPSA) is 86.8 Å². The molecule has 7 nitrogen and oxygen atoms in total. The van der Waals surface area contributed by atoms with Gasteiger partial charge in [0.25, 0.3) is 5.91 Å². The van der Waals surface area contributed by atoms with Crippen molar-refractivity contribution in [3.05, 3.63) is 29.8 Å². The van der Waals surface area contributed by atoms with Crippen molar-refractivity contribution in [3.8, 4) is 0 Å². The van der Waals surface area contributed by atoms with Crippen molar-refractivity contribution in [2.45, 2.75) is 39.0 Å². The molecule has 0 bridgehead atoms. The van der Waals surface area contributed by atoms with Gasteiger partial charge in [0, 0.05) is 45.2 Å². The predicted molar refractivity (Wildman–Crippen MR) is 101 cm³/mol. The van der Waals surface area contributed by atoms with Gasteiger partial charge < -0.3 is 10.2 Å². The molecule has 0 atom stereocenters. The number of nitrogens with zero attached hydrogens (tertiary/aromatic N) is 2. The average Bonchev–Trinajstić information content (AvgIpc) is 2.61. The molecule has 1 aromatic carbocycles. The standard InChI is InChI=1S/C18H29N3O4S/c1-5-13-20(15(4)22)14-12-19-18(23)16-8-10-17(11-9-16)26(24,25)21(6-2)7-3/h8-11H,5-7,12-14H2,1-4H3,(H,19,23). The van der Waals surface area contributed by atoms with Gasteiger partial charge >= 0.3 is 0 Å². The van der Waals surface area contributed by atoms with Crippen molar-refractivity contribution in [3.63, 3.8) is 0 Å². The highest BCUT2D eigenvalue weighted by atomic mass is 32.2. The number of hydrogen-bond donors (Lipinski definition) is 1. The first-order valence-electron chi connectivity index (χ1n) is 8.91. The second-order valence-electron chi connectivity index (χ2n) is 5.88. The summed E-state index contributed by atoms with van der Waals surface area (Å²) >= 11 is 0. The van der Waals surface area contributed by atoms with Crippen molar-refractivity contribution < 1.29 is 18.0 Å². The minimum atomic E-state index is -3.53. The van der Waals surface area contributed by atoms with Gasteiger partial charge in [0.1, 0.15) is 0 Å². The molecule has 8 heteroatoms. The SMILES string of the molecule is CCCN(CCNC(=O)c1ccc(S(=O)(=O)N(CC)CC)cc1)C(C)=O. The average molecular weight is 384 g/mol. The summed E-state index contributed by atoms with van der Waals surface area (Å²) < 4.78 is 26.2. The molecule has 0 aliphatic heterocycles. The van der Waals surface area contributed by atoms with Crippen molar-refractivity contribution in [1.82, 2.24) is 14.5 Å². The lowest BCUT2D eigenvalue weighted by molar-refractivity contribution is -0.128. The van der Waals surface area contributed by atoms with Gasteiger partial charge in [-0.25, -0.2) is 8.42 Å². The van der Waals surface area contributed by atoms with Gasteiger partial charge in [0.15, 0.2) is 0 Å². The summed E-state index contributed by atoms with van der Waals surface area (Å²) in [6, 6.07) is 5.89. The molecule has 1 aromatic rings. The number of amides is 2. The number of carbonyl (C=O) groups excluding carboxylic acids is 2. The Balaban J connectivity index is 2.71. The number of carbonyl (C=O) groups is 2. The van der Waals surface area contributed by atoms with E-state index >= 15 is 0 Å². The van der Waals surface area contributed by atoms with Crippen LogP contribution in [0.2, 0.25) is 0 Å². The summed E-state index contributed by atoms with van der Waals surface area (Å²) in [5, 5.41) is 2.75. The highest BCUT2D eigenvalue weighted by molar-refractivity contribution is 7.89. The third-order valence-corrected chi connectivity index (χ3v) is 6.13. The molecular weight excluding hydrogens is 354 g/mol. The normalized spacial score (nSPS) is 11.4. The molecule has 26 heavy (non-hydrogen) atoms. The zero-order valence-electron chi connectivity index (χ0n) is 16.0. The lowest BCUT2D eigenvalue weighted by Crippen LogP contribution is -2.37. The van der Waals surface area contributed by atoms with Crippen LogP contribution in [0.1, 0.15) is 44.5 Å². The molecule has 0 heterocycles. The Kier molecular flexibility index (Phi) is 8.74. The third kappa shape index (κ3) is 5.81. The largest absolute Gasteiger partial charge is 0.350 e. The second-order valence-corrected chi connectivity index (χ2v) is 7.81. The molecule has 0 spiro atoms. The number of benzene rings is 1. The predicted octanol–water partition coefficient (Wildman–Crippen LogP) is 1.71. The van der Waals surface area contributed by atoms with E-state index in [0.717, 1.165) is 6.42 Å². The first kappa shape index (κ1) is 22.1. The van der Waals surface area contributed by atoms with Gasteiger partial charge in [0.2, 0.25) is 15.9 Å². The van der Waals surface area contributed by atoms with Crippen LogP contribution in [-0.2, 0) is 14.8 Å². The zero-order valence-corrected chi connectivity index (χ0v) is 16.8. The van der Waals surface area contributed by atoms with Gasteiger partial charge in [-0.3, -0.25) is 9.59 Å². The molecule has 146 valence electrons. The maximum Gasteiger partial charge on any atom is 0.251 e. The first-order valence-corrected chi connectivity index (χ1v) is 10.4. The summed E-state index contributed by atoms with van der Waals surface area (Å²) in [5.41, 5.74) is 0.383. The minimum absolute atomic E-state index is 0.0212. The lowest BCUT2D eigenvalue weighted by atomic mass is 10.2. The third-order valence-electron chi connectivity index (χ3n) is 4.07. The van der Waals surface area contributed by atoms with Crippen molar-refractivity contribution in [1.29, 1.82) is 0 Å². The van der Waals surface area contributed by atoms with E-state index in [2.05, 4.69) is 5.32 Å². The smallest absolute Gasteiger partial charge is 0.251 e.